The summed E-state index contributed by atoms with van der Waals surface area (Å²) in [5.74, 6) is 0.554. The van der Waals surface area contributed by atoms with Gasteiger partial charge in [0, 0.05) is 6.54 Å². The summed E-state index contributed by atoms with van der Waals surface area (Å²) in [4.78, 5) is 13.8. The van der Waals surface area contributed by atoms with E-state index in [0.29, 0.717) is 12.3 Å². The van der Waals surface area contributed by atoms with Gasteiger partial charge in [-0.25, -0.2) is 0 Å². The van der Waals surface area contributed by atoms with Gasteiger partial charge < -0.3 is 5.11 Å². The van der Waals surface area contributed by atoms with E-state index < -0.39 is 11.5 Å². The molecule has 1 fully saturated rings. The van der Waals surface area contributed by atoms with Crippen molar-refractivity contribution in [2.24, 2.45) is 11.8 Å². The van der Waals surface area contributed by atoms with Crippen LogP contribution in [-0.2, 0) is 4.79 Å². The van der Waals surface area contributed by atoms with Crippen LogP contribution in [0.4, 0.5) is 0 Å². The van der Waals surface area contributed by atoms with Crippen molar-refractivity contribution in [3.63, 3.8) is 0 Å². The zero-order chi connectivity index (χ0) is 13.1. The molecular formula is C14H27NO2. The molecule has 0 heterocycles. The van der Waals surface area contributed by atoms with Crippen LogP contribution in [0.3, 0.4) is 0 Å². The Balaban J connectivity index is 2.77. The van der Waals surface area contributed by atoms with Gasteiger partial charge in [0.15, 0.2) is 0 Å². The Morgan fingerprint density at radius 1 is 1.47 bits per heavy atom. The fraction of sp³-hybridized carbons (Fsp3) is 0.929. The van der Waals surface area contributed by atoms with Crippen LogP contribution in [0.1, 0.15) is 52.9 Å². The molecule has 0 aromatic heterocycles. The highest BCUT2D eigenvalue weighted by Gasteiger charge is 2.43. The number of carboxylic acid groups (broad SMARTS) is 1. The van der Waals surface area contributed by atoms with Gasteiger partial charge in [0.1, 0.15) is 5.54 Å². The van der Waals surface area contributed by atoms with Crippen molar-refractivity contribution in [1.82, 2.24) is 4.90 Å². The van der Waals surface area contributed by atoms with Crippen molar-refractivity contribution >= 4 is 5.97 Å². The molecule has 0 amide bonds. The summed E-state index contributed by atoms with van der Waals surface area (Å²) in [6.07, 6.45) is 5.04. The third-order valence-corrected chi connectivity index (χ3v) is 4.33. The summed E-state index contributed by atoms with van der Waals surface area (Å²) in [6, 6.07) is 0. The Hall–Kier alpha value is -0.570. The second kappa shape index (κ2) is 5.85. The summed E-state index contributed by atoms with van der Waals surface area (Å²) in [7, 11) is 1.98. The first kappa shape index (κ1) is 14.5. The molecule has 100 valence electrons. The summed E-state index contributed by atoms with van der Waals surface area (Å²) in [6.45, 7) is 7.22. The molecule has 1 aliphatic rings. The molecule has 2 unspecified atom stereocenters. The maximum Gasteiger partial charge on any atom is 0.324 e. The Morgan fingerprint density at radius 3 is 2.41 bits per heavy atom. The maximum atomic E-state index is 11.7. The highest BCUT2D eigenvalue weighted by atomic mass is 16.4. The van der Waals surface area contributed by atoms with Crippen molar-refractivity contribution in [1.29, 1.82) is 0 Å². The van der Waals surface area contributed by atoms with Crippen LogP contribution in [0.2, 0.25) is 0 Å². The van der Waals surface area contributed by atoms with Crippen LogP contribution >= 0.6 is 0 Å². The van der Waals surface area contributed by atoms with Crippen molar-refractivity contribution in [2.75, 3.05) is 13.6 Å². The largest absolute Gasteiger partial charge is 0.480 e. The smallest absolute Gasteiger partial charge is 0.324 e. The average molecular weight is 241 g/mol. The van der Waals surface area contributed by atoms with Crippen LogP contribution in [0, 0.1) is 11.8 Å². The number of aliphatic carboxylic acids is 1. The third-order valence-electron chi connectivity index (χ3n) is 4.33. The van der Waals surface area contributed by atoms with E-state index in [1.807, 2.05) is 14.0 Å². The molecule has 3 heteroatoms. The van der Waals surface area contributed by atoms with E-state index in [2.05, 4.69) is 18.7 Å². The zero-order valence-corrected chi connectivity index (χ0v) is 11.7. The lowest BCUT2D eigenvalue weighted by Crippen LogP contribution is -2.54. The van der Waals surface area contributed by atoms with Gasteiger partial charge in [-0.3, -0.25) is 9.69 Å². The SMILES string of the molecule is CCC(C)CC(CC)(C(=O)O)N(C)CC1CC1. The van der Waals surface area contributed by atoms with Gasteiger partial charge in [-0.1, -0.05) is 27.2 Å². The monoisotopic (exact) mass is 241 g/mol. The standard InChI is InChI=1S/C14H27NO2/c1-5-11(3)9-14(6-2,13(16)17)15(4)10-12-7-8-12/h11-12H,5-10H2,1-4H3,(H,16,17). The van der Waals surface area contributed by atoms with E-state index in [1.165, 1.54) is 12.8 Å². The van der Waals surface area contributed by atoms with Gasteiger partial charge in [-0.15, -0.1) is 0 Å². The number of hydrogen-bond acceptors (Lipinski definition) is 2. The van der Waals surface area contributed by atoms with E-state index >= 15 is 0 Å². The van der Waals surface area contributed by atoms with E-state index in [4.69, 9.17) is 0 Å². The van der Waals surface area contributed by atoms with Crippen molar-refractivity contribution in [2.45, 2.75) is 58.4 Å². The molecule has 0 aromatic rings. The molecular weight excluding hydrogens is 214 g/mol. The van der Waals surface area contributed by atoms with Crippen molar-refractivity contribution in [3.8, 4) is 0 Å². The molecule has 0 aliphatic heterocycles. The van der Waals surface area contributed by atoms with E-state index in [0.717, 1.165) is 25.3 Å². The summed E-state index contributed by atoms with van der Waals surface area (Å²) < 4.78 is 0. The van der Waals surface area contributed by atoms with Gasteiger partial charge in [-0.05, 0) is 44.6 Å². The minimum absolute atomic E-state index is 0.465. The summed E-state index contributed by atoms with van der Waals surface area (Å²) in [5.41, 5.74) is -0.655. The number of rotatable bonds is 8. The molecule has 0 radical (unpaired) electrons. The fourth-order valence-corrected chi connectivity index (χ4v) is 2.56. The Morgan fingerprint density at radius 2 is 2.06 bits per heavy atom. The first-order valence-corrected chi connectivity index (χ1v) is 6.90. The molecule has 0 spiro atoms. The molecule has 17 heavy (non-hydrogen) atoms. The highest BCUT2D eigenvalue weighted by molar-refractivity contribution is 5.78. The van der Waals surface area contributed by atoms with Crippen LogP contribution in [0.15, 0.2) is 0 Å². The predicted molar refractivity (Wildman–Crippen MR) is 70.1 cm³/mol. The minimum Gasteiger partial charge on any atom is -0.480 e. The average Bonchev–Trinajstić information content (AvgIpc) is 3.08. The maximum absolute atomic E-state index is 11.7. The minimum atomic E-state index is -0.655. The van der Waals surface area contributed by atoms with E-state index in [1.54, 1.807) is 0 Å². The first-order valence-electron chi connectivity index (χ1n) is 6.90. The molecule has 1 N–H and O–H groups in total. The summed E-state index contributed by atoms with van der Waals surface area (Å²) in [5, 5.41) is 9.63. The van der Waals surface area contributed by atoms with E-state index in [-0.39, 0.29) is 0 Å². The van der Waals surface area contributed by atoms with Gasteiger partial charge in [0.05, 0.1) is 0 Å². The third kappa shape index (κ3) is 3.44. The quantitative estimate of drug-likeness (QED) is 0.710. The number of carbonyl (C=O) groups is 1. The molecule has 0 bridgehead atoms. The Kier molecular flexibility index (Phi) is 4.99. The van der Waals surface area contributed by atoms with Gasteiger partial charge in [0.2, 0.25) is 0 Å². The molecule has 3 nitrogen and oxygen atoms in total. The number of likely N-dealkylation sites (N-methyl/N-ethyl adjacent to an activating group) is 1. The zero-order valence-electron chi connectivity index (χ0n) is 11.7. The van der Waals surface area contributed by atoms with Crippen molar-refractivity contribution in [3.05, 3.63) is 0 Å². The number of carboxylic acids is 1. The molecule has 1 rings (SSSR count). The summed E-state index contributed by atoms with van der Waals surface area (Å²) >= 11 is 0. The molecule has 0 aromatic carbocycles. The molecule has 2 atom stereocenters. The first-order chi connectivity index (χ1) is 7.96. The van der Waals surface area contributed by atoms with Crippen LogP contribution in [-0.4, -0.2) is 35.1 Å². The molecule has 0 saturated heterocycles. The van der Waals surface area contributed by atoms with Gasteiger partial charge in [0.25, 0.3) is 0 Å². The van der Waals surface area contributed by atoms with E-state index in [9.17, 15) is 9.90 Å². The van der Waals surface area contributed by atoms with Crippen LogP contribution < -0.4 is 0 Å². The molecule has 1 aliphatic carbocycles. The lowest BCUT2D eigenvalue weighted by atomic mass is 9.83. The van der Waals surface area contributed by atoms with Crippen molar-refractivity contribution < 1.29 is 9.90 Å². The second-order valence-electron chi connectivity index (χ2n) is 5.73. The topological polar surface area (TPSA) is 40.5 Å². The van der Waals surface area contributed by atoms with Crippen LogP contribution in [0.5, 0.6) is 0 Å². The Labute approximate surface area is 105 Å². The normalized spacial score (nSPS) is 21.2. The highest BCUT2D eigenvalue weighted by Crippen LogP contribution is 2.35. The Bertz CT molecular complexity index is 263. The lowest BCUT2D eigenvalue weighted by Gasteiger charge is -2.39. The fourth-order valence-electron chi connectivity index (χ4n) is 2.56. The van der Waals surface area contributed by atoms with Gasteiger partial charge in [-0.2, -0.15) is 0 Å². The number of hydrogen-bond donors (Lipinski definition) is 1. The lowest BCUT2D eigenvalue weighted by molar-refractivity contribution is -0.152. The van der Waals surface area contributed by atoms with Crippen LogP contribution in [0.25, 0.3) is 0 Å². The molecule has 1 saturated carbocycles. The predicted octanol–water partition coefficient (Wildman–Crippen LogP) is 3.00. The second-order valence-corrected chi connectivity index (χ2v) is 5.73. The number of nitrogens with zero attached hydrogens (tertiary/aromatic N) is 1. The van der Waals surface area contributed by atoms with Gasteiger partial charge >= 0.3 is 5.97 Å².